The van der Waals surface area contributed by atoms with E-state index in [2.05, 4.69) is 9.97 Å². The number of halogens is 2. The van der Waals surface area contributed by atoms with Gasteiger partial charge in [0, 0.05) is 23.6 Å². The summed E-state index contributed by atoms with van der Waals surface area (Å²) in [5.41, 5.74) is 12.1. The van der Waals surface area contributed by atoms with Crippen LogP contribution in [0.15, 0.2) is 42.7 Å². The van der Waals surface area contributed by atoms with Crippen molar-refractivity contribution in [3.8, 4) is 0 Å². The van der Waals surface area contributed by atoms with E-state index in [1.807, 2.05) is 0 Å². The lowest BCUT2D eigenvalue weighted by Gasteiger charge is -2.26. The molecule has 3 rings (SSSR count). The van der Waals surface area contributed by atoms with Gasteiger partial charge < -0.3 is 16.4 Å². The Balaban J connectivity index is 2.07. The third-order valence-electron chi connectivity index (χ3n) is 3.98. The van der Waals surface area contributed by atoms with Crippen LogP contribution in [0.4, 0.5) is 21.0 Å². The summed E-state index contributed by atoms with van der Waals surface area (Å²) in [6.07, 6.45) is 2.98. The van der Waals surface area contributed by atoms with Crippen molar-refractivity contribution in [1.29, 1.82) is 0 Å². The second kappa shape index (κ2) is 7.91. The number of nitrogens with two attached hydrogens (primary N) is 2. The predicted molar refractivity (Wildman–Crippen MR) is 106 cm³/mol. The van der Waals surface area contributed by atoms with Gasteiger partial charge in [-0.05, 0) is 37.3 Å². The van der Waals surface area contributed by atoms with Gasteiger partial charge in [-0.25, -0.2) is 9.37 Å². The van der Waals surface area contributed by atoms with E-state index in [0.29, 0.717) is 11.3 Å². The highest BCUT2D eigenvalue weighted by Gasteiger charge is 2.27. The Bertz CT molecular complexity index is 1040. The van der Waals surface area contributed by atoms with Crippen LogP contribution in [0.25, 0.3) is 0 Å². The topological polar surface area (TPSA) is 115 Å². The molecule has 28 heavy (non-hydrogen) atoms. The number of primary amides is 1. The Morgan fingerprint density at radius 2 is 1.93 bits per heavy atom. The highest BCUT2D eigenvalue weighted by Crippen LogP contribution is 2.36. The molecule has 0 radical (unpaired) electrons. The molecular weight excluding hydrogens is 405 g/mol. The lowest BCUT2D eigenvalue weighted by molar-refractivity contribution is -0.118. The first kappa shape index (κ1) is 19.7. The Morgan fingerprint density at radius 1 is 1.25 bits per heavy atom. The van der Waals surface area contributed by atoms with E-state index < -0.39 is 17.8 Å². The van der Waals surface area contributed by atoms with Crippen molar-refractivity contribution in [2.24, 2.45) is 5.73 Å². The van der Waals surface area contributed by atoms with E-state index in [9.17, 15) is 14.0 Å². The molecule has 0 aliphatic heterocycles. The molecule has 3 aromatic rings. The van der Waals surface area contributed by atoms with E-state index in [0.717, 1.165) is 17.4 Å². The maximum absolute atomic E-state index is 14.0. The van der Waals surface area contributed by atoms with Gasteiger partial charge in [0.2, 0.25) is 11.7 Å². The molecule has 0 aliphatic rings. The molecule has 0 saturated heterocycles. The number of nitrogens with zero attached hydrogens (tertiary/aromatic N) is 3. The number of amides is 1. The van der Waals surface area contributed by atoms with Crippen LogP contribution in [0.5, 0.6) is 0 Å². The number of benzene rings is 1. The molecule has 0 spiro atoms. The zero-order chi connectivity index (χ0) is 20.4. The van der Waals surface area contributed by atoms with Gasteiger partial charge in [0.1, 0.15) is 22.6 Å². The molecule has 4 N–H and O–H groups in total. The molecule has 7 nitrogen and oxygen atoms in total. The van der Waals surface area contributed by atoms with Crippen molar-refractivity contribution in [2.75, 3.05) is 10.6 Å². The zero-order valence-corrected chi connectivity index (χ0v) is 16.2. The van der Waals surface area contributed by atoms with Crippen molar-refractivity contribution in [3.05, 3.63) is 64.0 Å². The van der Waals surface area contributed by atoms with Crippen LogP contribution in [0, 0.1) is 5.82 Å². The van der Waals surface area contributed by atoms with Gasteiger partial charge in [0.25, 0.3) is 0 Å². The standard InChI is InChI=1S/C18H15ClFN5O2S/c1-9(17(22)27)25(11-2-3-12(19)13(20)8-11)18-24-16(21)15(28-18)14(26)10-4-6-23-7-5-10/h2-9H,21H2,1H3,(H2,22,27). The molecular formula is C18H15ClFN5O2S. The highest BCUT2D eigenvalue weighted by atomic mass is 35.5. The highest BCUT2D eigenvalue weighted by molar-refractivity contribution is 7.18. The Hall–Kier alpha value is -3.04. The third-order valence-corrected chi connectivity index (χ3v) is 5.35. The van der Waals surface area contributed by atoms with Gasteiger partial charge in [-0.2, -0.15) is 0 Å². The van der Waals surface area contributed by atoms with Gasteiger partial charge in [-0.15, -0.1) is 0 Å². The predicted octanol–water partition coefficient (Wildman–Crippen LogP) is 3.16. The Labute approximate surface area is 168 Å². The number of carbonyl (C=O) groups is 2. The van der Waals surface area contributed by atoms with Gasteiger partial charge in [0.15, 0.2) is 5.13 Å². The number of hydrogen-bond donors (Lipinski definition) is 2. The smallest absolute Gasteiger partial charge is 0.240 e. The molecule has 1 atom stereocenters. The normalized spacial score (nSPS) is 11.8. The molecule has 1 aromatic carbocycles. The maximum Gasteiger partial charge on any atom is 0.240 e. The van der Waals surface area contributed by atoms with Crippen molar-refractivity contribution in [2.45, 2.75) is 13.0 Å². The van der Waals surface area contributed by atoms with E-state index in [4.69, 9.17) is 23.1 Å². The minimum Gasteiger partial charge on any atom is -0.382 e. The molecule has 2 heterocycles. The van der Waals surface area contributed by atoms with Crippen molar-refractivity contribution >= 4 is 51.3 Å². The monoisotopic (exact) mass is 419 g/mol. The molecule has 1 amide bonds. The summed E-state index contributed by atoms with van der Waals surface area (Å²) >= 11 is 6.72. The maximum atomic E-state index is 14.0. The summed E-state index contributed by atoms with van der Waals surface area (Å²) in [6, 6.07) is 6.26. The van der Waals surface area contributed by atoms with Crippen LogP contribution in [-0.4, -0.2) is 27.7 Å². The summed E-state index contributed by atoms with van der Waals surface area (Å²) in [5.74, 6) is -1.67. The summed E-state index contributed by atoms with van der Waals surface area (Å²) in [4.78, 5) is 34.2. The summed E-state index contributed by atoms with van der Waals surface area (Å²) < 4.78 is 14.0. The summed E-state index contributed by atoms with van der Waals surface area (Å²) in [7, 11) is 0. The molecule has 10 heteroatoms. The average molecular weight is 420 g/mol. The second-order valence-corrected chi connectivity index (χ2v) is 7.21. The van der Waals surface area contributed by atoms with Crippen molar-refractivity contribution < 1.29 is 14.0 Å². The van der Waals surface area contributed by atoms with Crippen molar-refractivity contribution in [1.82, 2.24) is 9.97 Å². The minimum atomic E-state index is -0.880. The minimum absolute atomic E-state index is 0.00193. The first-order valence-electron chi connectivity index (χ1n) is 8.04. The number of carbonyl (C=O) groups excluding carboxylic acids is 2. The van der Waals surface area contributed by atoms with Crippen molar-refractivity contribution in [3.63, 3.8) is 0 Å². The SMILES string of the molecule is CC(C(N)=O)N(c1ccc(Cl)c(F)c1)c1nc(N)c(C(=O)c2ccncc2)s1. The number of hydrogen-bond acceptors (Lipinski definition) is 7. The number of anilines is 3. The average Bonchev–Trinajstić information content (AvgIpc) is 3.05. The number of pyridine rings is 1. The molecule has 144 valence electrons. The lowest BCUT2D eigenvalue weighted by atomic mass is 10.1. The van der Waals surface area contributed by atoms with Gasteiger partial charge >= 0.3 is 0 Å². The third kappa shape index (κ3) is 3.80. The van der Waals surface area contributed by atoms with Crippen LogP contribution < -0.4 is 16.4 Å². The summed E-state index contributed by atoms with van der Waals surface area (Å²) in [6.45, 7) is 1.54. The van der Waals surface area contributed by atoms with Crippen LogP contribution in [0.2, 0.25) is 5.02 Å². The molecule has 1 unspecified atom stereocenters. The van der Waals surface area contributed by atoms with Gasteiger partial charge in [0.05, 0.1) is 5.02 Å². The Morgan fingerprint density at radius 3 is 2.54 bits per heavy atom. The molecule has 0 aliphatic carbocycles. The number of thiazole rings is 1. The molecule has 0 bridgehead atoms. The van der Waals surface area contributed by atoms with E-state index in [1.165, 1.54) is 36.4 Å². The molecule has 0 saturated carbocycles. The van der Waals surface area contributed by atoms with E-state index in [1.54, 1.807) is 12.1 Å². The van der Waals surface area contributed by atoms with Gasteiger partial charge in [-0.3, -0.25) is 14.6 Å². The fraction of sp³-hybridized carbons (Fsp3) is 0.111. The summed E-state index contributed by atoms with van der Waals surface area (Å²) in [5, 5.41) is 0.158. The van der Waals surface area contributed by atoms with Crippen LogP contribution in [0.1, 0.15) is 22.2 Å². The number of rotatable bonds is 6. The molecule has 2 aromatic heterocycles. The number of nitrogen functional groups attached to an aromatic ring is 1. The number of ketones is 1. The lowest BCUT2D eigenvalue weighted by Crippen LogP contribution is -2.40. The largest absolute Gasteiger partial charge is 0.382 e. The van der Waals surface area contributed by atoms with Crippen LogP contribution >= 0.6 is 22.9 Å². The first-order chi connectivity index (χ1) is 13.3. The fourth-order valence-electron chi connectivity index (χ4n) is 2.48. The van der Waals surface area contributed by atoms with E-state index in [-0.39, 0.29) is 26.6 Å². The fourth-order valence-corrected chi connectivity index (χ4v) is 3.65. The molecule has 0 fully saturated rings. The van der Waals surface area contributed by atoms with Crippen LogP contribution in [0.3, 0.4) is 0 Å². The van der Waals surface area contributed by atoms with Gasteiger partial charge in [-0.1, -0.05) is 22.9 Å². The van der Waals surface area contributed by atoms with E-state index >= 15 is 0 Å². The van der Waals surface area contributed by atoms with Crippen LogP contribution in [-0.2, 0) is 4.79 Å². The second-order valence-electron chi connectivity index (χ2n) is 5.82. The first-order valence-corrected chi connectivity index (χ1v) is 9.23. The Kier molecular flexibility index (Phi) is 5.57. The quantitative estimate of drug-likeness (QED) is 0.593. The number of aromatic nitrogens is 2. The zero-order valence-electron chi connectivity index (χ0n) is 14.6.